The molecule has 0 aliphatic carbocycles. The number of nitrogens with one attached hydrogen (secondary N) is 1. The minimum Gasteiger partial charge on any atom is -0.437 e. The minimum atomic E-state index is -4.42. The zero-order chi connectivity index (χ0) is 26.9. The average molecular weight is 543 g/mol. The molecule has 0 spiro atoms. The first-order valence-corrected chi connectivity index (χ1v) is 13.3. The number of nitrogens with zero attached hydrogens (tertiary/aromatic N) is 4. The molecule has 38 heavy (non-hydrogen) atoms. The molecule has 0 unspecified atom stereocenters. The van der Waals surface area contributed by atoms with Crippen LogP contribution in [0.4, 0.5) is 24.3 Å². The Morgan fingerprint density at radius 3 is 2.45 bits per heavy atom. The number of ether oxygens (including phenoxy) is 1. The van der Waals surface area contributed by atoms with Crippen molar-refractivity contribution >= 4 is 32.6 Å². The fourth-order valence-corrected chi connectivity index (χ4v) is 5.33. The van der Waals surface area contributed by atoms with Crippen LogP contribution in [0.5, 0.6) is 11.6 Å². The zero-order valence-corrected chi connectivity index (χ0v) is 22.0. The number of benzene rings is 2. The molecule has 200 valence electrons. The Bertz CT molecular complexity index is 1410. The van der Waals surface area contributed by atoms with Crippen LogP contribution in [0.15, 0.2) is 48.5 Å². The van der Waals surface area contributed by atoms with Gasteiger partial charge in [0.05, 0.1) is 16.0 Å². The van der Waals surface area contributed by atoms with Gasteiger partial charge in [0, 0.05) is 23.7 Å². The van der Waals surface area contributed by atoms with Gasteiger partial charge >= 0.3 is 6.18 Å². The van der Waals surface area contributed by atoms with E-state index in [1.54, 1.807) is 12.1 Å². The molecule has 2 aromatic carbocycles. The van der Waals surface area contributed by atoms with E-state index in [0.29, 0.717) is 40.1 Å². The topological polar surface area (TPSA) is 89.2 Å². The largest absolute Gasteiger partial charge is 0.437 e. The lowest BCUT2D eigenvalue weighted by Crippen LogP contribution is -2.51. The highest BCUT2D eigenvalue weighted by atomic mass is 32.1. The Kier molecular flexibility index (Phi) is 7.15. The summed E-state index contributed by atoms with van der Waals surface area (Å²) in [5, 5.41) is 3.76. The van der Waals surface area contributed by atoms with Gasteiger partial charge in [0.25, 0.3) is 0 Å². The maximum absolute atomic E-state index is 13.1. The van der Waals surface area contributed by atoms with Crippen molar-refractivity contribution < 1.29 is 17.9 Å². The number of anilines is 2. The molecule has 1 saturated heterocycles. The van der Waals surface area contributed by atoms with Gasteiger partial charge < -0.3 is 15.8 Å². The van der Waals surface area contributed by atoms with Gasteiger partial charge in [-0.2, -0.15) is 18.2 Å². The molecule has 4 aromatic rings. The van der Waals surface area contributed by atoms with Crippen molar-refractivity contribution in [2.75, 3.05) is 30.7 Å². The van der Waals surface area contributed by atoms with Crippen molar-refractivity contribution in [3.63, 3.8) is 0 Å². The van der Waals surface area contributed by atoms with Gasteiger partial charge in [-0.25, -0.2) is 9.97 Å². The van der Waals surface area contributed by atoms with E-state index in [-0.39, 0.29) is 11.4 Å². The van der Waals surface area contributed by atoms with Crippen molar-refractivity contribution in [3.8, 4) is 22.9 Å². The third kappa shape index (κ3) is 5.83. The number of nitrogen functional groups attached to an aromatic ring is 1. The average Bonchev–Trinajstić information content (AvgIpc) is 3.29. The lowest BCUT2D eigenvalue weighted by Gasteiger charge is -2.41. The lowest BCUT2D eigenvalue weighted by molar-refractivity contribution is -0.137. The molecule has 11 heteroatoms. The number of thiazole rings is 1. The molecule has 3 heterocycles. The van der Waals surface area contributed by atoms with E-state index < -0.39 is 11.7 Å². The molecule has 0 saturated carbocycles. The van der Waals surface area contributed by atoms with E-state index in [1.807, 2.05) is 12.1 Å². The summed E-state index contributed by atoms with van der Waals surface area (Å²) in [6.07, 6.45) is -0.822. The van der Waals surface area contributed by atoms with Gasteiger partial charge in [0.1, 0.15) is 5.52 Å². The maximum Gasteiger partial charge on any atom is 0.416 e. The third-order valence-corrected chi connectivity index (χ3v) is 7.56. The first kappa shape index (κ1) is 26.2. The smallest absolute Gasteiger partial charge is 0.416 e. The molecular formula is C27H29F3N6OS. The van der Waals surface area contributed by atoms with Gasteiger partial charge in [-0.05, 0) is 64.0 Å². The van der Waals surface area contributed by atoms with Crippen LogP contribution in [0, 0.1) is 0 Å². The fraction of sp³-hybridized carbons (Fsp3) is 0.370. The maximum atomic E-state index is 13.1. The zero-order valence-electron chi connectivity index (χ0n) is 21.2. The predicted molar refractivity (Wildman–Crippen MR) is 145 cm³/mol. The van der Waals surface area contributed by atoms with Crippen LogP contribution in [0.2, 0.25) is 0 Å². The SMILES string of the molecule is CC(C)(CNc1nc(Oc2cccc3sc(N)nc23)cc(-c2ccc(C(F)(F)F)cc2)n1)N1CCCCC1. The van der Waals surface area contributed by atoms with Crippen LogP contribution in [0.1, 0.15) is 38.7 Å². The highest BCUT2D eigenvalue weighted by Gasteiger charge is 2.30. The number of rotatable bonds is 7. The van der Waals surface area contributed by atoms with E-state index in [4.69, 9.17) is 10.5 Å². The van der Waals surface area contributed by atoms with E-state index in [2.05, 4.69) is 39.0 Å². The Labute approximate surface area is 222 Å². The van der Waals surface area contributed by atoms with Crippen molar-refractivity contribution in [3.05, 3.63) is 54.1 Å². The van der Waals surface area contributed by atoms with Crippen LogP contribution in [0.25, 0.3) is 21.5 Å². The van der Waals surface area contributed by atoms with Crippen LogP contribution in [-0.2, 0) is 6.18 Å². The molecule has 5 rings (SSSR count). The number of hydrogen-bond acceptors (Lipinski definition) is 8. The van der Waals surface area contributed by atoms with Gasteiger partial charge in [-0.3, -0.25) is 4.90 Å². The molecule has 0 amide bonds. The van der Waals surface area contributed by atoms with Crippen molar-refractivity contribution in [1.82, 2.24) is 19.9 Å². The van der Waals surface area contributed by atoms with Crippen LogP contribution in [-0.4, -0.2) is 45.0 Å². The third-order valence-electron chi connectivity index (χ3n) is 6.71. The normalized spacial score (nSPS) is 15.1. The number of likely N-dealkylation sites (tertiary alicyclic amines) is 1. The number of hydrogen-bond donors (Lipinski definition) is 2. The van der Waals surface area contributed by atoms with Gasteiger partial charge in [0.2, 0.25) is 11.8 Å². The number of aromatic nitrogens is 3. The van der Waals surface area contributed by atoms with Gasteiger partial charge in [0.15, 0.2) is 10.9 Å². The molecule has 3 N–H and O–H groups in total. The molecule has 1 fully saturated rings. The second-order valence-corrected chi connectivity index (χ2v) is 11.0. The van der Waals surface area contributed by atoms with E-state index >= 15 is 0 Å². The molecule has 0 atom stereocenters. The van der Waals surface area contributed by atoms with E-state index in [0.717, 1.165) is 29.9 Å². The summed E-state index contributed by atoms with van der Waals surface area (Å²) in [5.74, 6) is 1.05. The van der Waals surface area contributed by atoms with Crippen molar-refractivity contribution in [2.45, 2.75) is 44.8 Å². The molecule has 0 bridgehead atoms. The second kappa shape index (κ2) is 10.4. The Morgan fingerprint density at radius 1 is 1.00 bits per heavy atom. The summed E-state index contributed by atoms with van der Waals surface area (Å²) in [6.45, 7) is 7.01. The molecular weight excluding hydrogens is 513 g/mol. The summed E-state index contributed by atoms with van der Waals surface area (Å²) in [6, 6.07) is 12.0. The lowest BCUT2D eigenvalue weighted by atomic mass is 9.98. The summed E-state index contributed by atoms with van der Waals surface area (Å²) < 4.78 is 46.4. The Morgan fingerprint density at radius 2 is 1.74 bits per heavy atom. The highest BCUT2D eigenvalue weighted by molar-refractivity contribution is 7.22. The van der Waals surface area contributed by atoms with Crippen LogP contribution < -0.4 is 15.8 Å². The monoisotopic (exact) mass is 542 g/mol. The second-order valence-electron chi connectivity index (χ2n) is 9.96. The van der Waals surface area contributed by atoms with Crippen molar-refractivity contribution in [2.24, 2.45) is 0 Å². The first-order valence-electron chi connectivity index (χ1n) is 12.5. The number of nitrogens with two attached hydrogens (primary N) is 1. The van der Waals surface area contributed by atoms with Gasteiger partial charge in [-0.15, -0.1) is 0 Å². The number of halogens is 3. The van der Waals surface area contributed by atoms with Crippen LogP contribution in [0.3, 0.4) is 0 Å². The molecule has 1 aliphatic rings. The number of fused-ring (bicyclic) bond motifs is 1. The van der Waals surface area contributed by atoms with E-state index in [1.165, 1.54) is 42.7 Å². The Hall–Kier alpha value is -3.44. The molecule has 0 radical (unpaired) electrons. The summed E-state index contributed by atoms with van der Waals surface area (Å²) in [5.41, 5.74) is 6.60. The standard InChI is InChI=1S/C27H29F3N6OS/c1-26(2,36-13-4-3-5-14-36)16-32-25-33-19(17-9-11-18(12-10-17)27(28,29)30)15-22(34-25)37-20-7-6-8-21-23(20)35-24(31)38-21/h6-12,15H,3-5,13-14,16H2,1-2H3,(H2,31,35)(H,32,33,34). The Balaban J connectivity index is 1.47. The fourth-order valence-electron chi connectivity index (χ4n) is 4.58. The molecule has 2 aromatic heterocycles. The van der Waals surface area contributed by atoms with Crippen LogP contribution >= 0.6 is 11.3 Å². The minimum absolute atomic E-state index is 0.140. The molecule has 1 aliphatic heterocycles. The summed E-state index contributed by atoms with van der Waals surface area (Å²) in [7, 11) is 0. The van der Waals surface area contributed by atoms with Crippen molar-refractivity contribution in [1.29, 1.82) is 0 Å². The summed E-state index contributed by atoms with van der Waals surface area (Å²) >= 11 is 1.35. The number of para-hydroxylation sites is 1. The predicted octanol–water partition coefficient (Wildman–Crippen LogP) is 6.82. The highest BCUT2D eigenvalue weighted by Crippen LogP contribution is 2.35. The quantitative estimate of drug-likeness (QED) is 0.265. The number of alkyl halides is 3. The van der Waals surface area contributed by atoms with E-state index in [9.17, 15) is 13.2 Å². The summed E-state index contributed by atoms with van der Waals surface area (Å²) in [4.78, 5) is 16.0. The number of piperidine rings is 1. The molecule has 7 nitrogen and oxygen atoms in total. The first-order chi connectivity index (χ1) is 18.1. The van der Waals surface area contributed by atoms with Gasteiger partial charge in [-0.1, -0.05) is 36.0 Å².